The van der Waals surface area contributed by atoms with Crippen LogP contribution in [0.25, 0.3) is 0 Å². The lowest BCUT2D eigenvalue weighted by molar-refractivity contribution is 0.370. The van der Waals surface area contributed by atoms with E-state index in [1.165, 1.54) is 50.9 Å². The molecule has 2 nitrogen and oxygen atoms in total. The van der Waals surface area contributed by atoms with Crippen molar-refractivity contribution in [3.63, 3.8) is 0 Å². The molecule has 1 aliphatic heterocycles. The molecule has 0 spiro atoms. The van der Waals surface area contributed by atoms with Crippen LogP contribution < -0.4 is 10.6 Å². The molecule has 1 aromatic rings. The van der Waals surface area contributed by atoms with Gasteiger partial charge in [0.15, 0.2) is 0 Å². The fraction of sp³-hybridized carbons (Fsp3) is 0.588. The molecule has 1 heterocycles. The molecule has 2 heteroatoms. The largest absolute Gasteiger partial charge is 0.399 e. The van der Waals surface area contributed by atoms with E-state index >= 15 is 0 Å². The van der Waals surface area contributed by atoms with E-state index in [4.69, 9.17) is 5.73 Å². The van der Waals surface area contributed by atoms with Gasteiger partial charge in [-0.2, -0.15) is 0 Å². The molecule has 0 amide bonds. The van der Waals surface area contributed by atoms with Crippen LogP contribution in [0.3, 0.4) is 0 Å². The summed E-state index contributed by atoms with van der Waals surface area (Å²) in [5, 5.41) is 0. The van der Waals surface area contributed by atoms with Crippen molar-refractivity contribution in [2.24, 2.45) is 5.92 Å². The first kappa shape index (κ1) is 14.2. The Balaban J connectivity index is 1.74. The van der Waals surface area contributed by atoms with Crippen molar-refractivity contribution in [1.82, 2.24) is 0 Å². The van der Waals surface area contributed by atoms with E-state index in [9.17, 15) is 0 Å². The summed E-state index contributed by atoms with van der Waals surface area (Å²) in [6, 6.07) is 8.29. The van der Waals surface area contributed by atoms with Crippen LogP contribution in [0.5, 0.6) is 0 Å². The third-order valence-corrected chi connectivity index (χ3v) is 4.16. The SMILES string of the molecule is C[C](C)CCCC1CCN(c2ccc(N)cc2)CC1. The Morgan fingerprint density at radius 3 is 2.37 bits per heavy atom. The van der Waals surface area contributed by atoms with Gasteiger partial charge in [0, 0.05) is 24.5 Å². The van der Waals surface area contributed by atoms with E-state index in [-0.39, 0.29) is 0 Å². The number of hydrogen-bond acceptors (Lipinski definition) is 2. The number of piperidine rings is 1. The summed E-state index contributed by atoms with van der Waals surface area (Å²) in [6.07, 6.45) is 6.76. The summed E-state index contributed by atoms with van der Waals surface area (Å²) in [5.41, 5.74) is 7.91. The van der Waals surface area contributed by atoms with Crippen molar-refractivity contribution in [2.75, 3.05) is 23.7 Å². The lowest BCUT2D eigenvalue weighted by Gasteiger charge is -2.33. The summed E-state index contributed by atoms with van der Waals surface area (Å²) in [6.45, 7) is 6.88. The lowest BCUT2D eigenvalue weighted by atomic mass is 9.90. The average Bonchev–Trinajstić information content (AvgIpc) is 2.40. The Morgan fingerprint density at radius 1 is 1.16 bits per heavy atom. The lowest BCUT2D eigenvalue weighted by Crippen LogP contribution is -2.33. The quantitative estimate of drug-likeness (QED) is 0.800. The van der Waals surface area contributed by atoms with E-state index in [1.54, 1.807) is 5.92 Å². The third-order valence-electron chi connectivity index (χ3n) is 4.16. The molecule has 19 heavy (non-hydrogen) atoms. The molecule has 1 aliphatic rings. The highest BCUT2D eigenvalue weighted by molar-refractivity contribution is 5.53. The first-order valence-corrected chi connectivity index (χ1v) is 7.54. The van der Waals surface area contributed by atoms with Crippen molar-refractivity contribution < 1.29 is 0 Å². The summed E-state index contributed by atoms with van der Waals surface area (Å²) in [5.74, 6) is 2.50. The van der Waals surface area contributed by atoms with Crippen molar-refractivity contribution >= 4 is 11.4 Å². The first-order valence-electron chi connectivity index (χ1n) is 7.54. The molecule has 2 rings (SSSR count). The van der Waals surface area contributed by atoms with Gasteiger partial charge in [-0.15, -0.1) is 0 Å². The Bertz CT molecular complexity index is 361. The maximum Gasteiger partial charge on any atom is 0.0367 e. The molecule has 1 aromatic carbocycles. The number of nitrogens with two attached hydrogens (primary N) is 1. The fourth-order valence-electron chi connectivity index (χ4n) is 2.91. The van der Waals surface area contributed by atoms with E-state index in [2.05, 4.69) is 30.9 Å². The van der Waals surface area contributed by atoms with Gasteiger partial charge in [-0.25, -0.2) is 0 Å². The second kappa shape index (κ2) is 6.83. The van der Waals surface area contributed by atoms with Crippen LogP contribution in [0, 0.1) is 11.8 Å². The van der Waals surface area contributed by atoms with Crippen molar-refractivity contribution in [3.8, 4) is 0 Å². The molecule has 0 aromatic heterocycles. The predicted octanol–water partition coefficient (Wildman–Crippen LogP) is 4.27. The summed E-state index contributed by atoms with van der Waals surface area (Å²) in [4.78, 5) is 2.49. The minimum absolute atomic E-state index is 0.852. The fourth-order valence-corrected chi connectivity index (χ4v) is 2.91. The first-order chi connectivity index (χ1) is 9.15. The zero-order valence-electron chi connectivity index (χ0n) is 12.4. The van der Waals surface area contributed by atoms with Crippen LogP contribution in [0.15, 0.2) is 24.3 Å². The van der Waals surface area contributed by atoms with Crippen molar-refractivity contribution in [1.29, 1.82) is 0 Å². The molecule has 0 saturated carbocycles. The van der Waals surface area contributed by atoms with Crippen LogP contribution in [-0.2, 0) is 0 Å². The number of nitrogen functional groups attached to an aromatic ring is 1. The van der Waals surface area contributed by atoms with E-state index in [0.717, 1.165) is 11.6 Å². The van der Waals surface area contributed by atoms with Gasteiger partial charge in [-0.3, -0.25) is 0 Å². The number of benzene rings is 1. The Morgan fingerprint density at radius 2 is 1.79 bits per heavy atom. The van der Waals surface area contributed by atoms with Gasteiger partial charge in [0.25, 0.3) is 0 Å². The number of hydrogen-bond donors (Lipinski definition) is 1. The maximum absolute atomic E-state index is 5.74. The predicted molar refractivity (Wildman–Crippen MR) is 84.2 cm³/mol. The summed E-state index contributed by atoms with van der Waals surface area (Å²) in [7, 11) is 0. The number of rotatable bonds is 5. The van der Waals surface area contributed by atoms with Crippen LogP contribution in [0.4, 0.5) is 11.4 Å². The second-order valence-corrected chi connectivity index (χ2v) is 6.12. The minimum Gasteiger partial charge on any atom is -0.399 e. The molecule has 0 bridgehead atoms. The van der Waals surface area contributed by atoms with E-state index in [1.807, 2.05) is 12.1 Å². The molecule has 1 fully saturated rings. The van der Waals surface area contributed by atoms with Gasteiger partial charge in [0.2, 0.25) is 0 Å². The summed E-state index contributed by atoms with van der Waals surface area (Å²) >= 11 is 0. The third kappa shape index (κ3) is 4.45. The highest BCUT2D eigenvalue weighted by Gasteiger charge is 2.19. The molecule has 2 N–H and O–H groups in total. The minimum atomic E-state index is 0.852. The van der Waals surface area contributed by atoms with Crippen molar-refractivity contribution in [2.45, 2.75) is 46.0 Å². The van der Waals surface area contributed by atoms with Crippen LogP contribution >= 0.6 is 0 Å². The zero-order chi connectivity index (χ0) is 13.7. The van der Waals surface area contributed by atoms with Gasteiger partial charge in [0.1, 0.15) is 0 Å². The summed E-state index contributed by atoms with van der Waals surface area (Å²) < 4.78 is 0. The number of anilines is 2. The van der Waals surface area contributed by atoms with Gasteiger partial charge in [-0.1, -0.05) is 26.7 Å². The molecule has 105 valence electrons. The van der Waals surface area contributed by atoms with Crippen LogP contribution in [0.2, 0.25) is 0 Å². The zero-order valence-corrected chi connectivity index (χ0v) is 12.4. The molecule has 1 radical (unpaired) electrons. The highest BCUT2D eigenvalue weighted by Crippen LogP contribution is 2.27. The smallest absolute Gasteiger partial charge is 0.0367 e. The normalized spacial score (nSPS) is 17.1. The van der Waals surface area contributed by atoms with Gasteiger partial charge >= 0.3 is 0 Å². The second-order valence-electron chi connectivity index (χ2n) is 6.12. The maximum atomic E-state index is 5.74. The molecule has 0 unspecified atom stereocenters. The molecule has 1 saturated heterocycles. The average molecular weight is 259 g/mol. The monoisotopic (exact) mass is 259 g/mol. The van der Waals surface area contributed by atoms with E-state index in [0.29, 0.717) is 0 Å². The van der Waals surface area contributed by atoms with Crippen LogP contribution in [-0.4, -0.2) is 13.1 Å². The topological polar surface area (TPSA) is 29.3 Å². The van der Waals surface area contributed by atoms with Gasteiger partial charge in [-0.05, 0) is 55.4 Å². The molecular formula is C17H27N2. The Hall–Kier alpha value is -1.18. The molecule has 0 atom stereocenters. The van der Waals surface area contributed by atoms with E-state index < -0.39 is 0 Å². The number of nitrogens with zero attached hydrogens (tertiary/aromatic N) is 1. The standard InChI is InChI=1S/C17H27N2/c1-14(2)4-3-5-15-10-12-19(13-11-15)17-8-6-16(18)7-9-17/h6-9,15H,3-5,10-13,18H2,1-2H3. The van der Waals surface area contributed by atoms with Gasteiger partial charge in [0.05, 0.1) is 0 Å². The Labute approximate surface area is 118 Å². The van der Waals surface area contributed by atoms with Crippen LogP contribution in [0.1, 0.15) is 46.0 Å². The molecular weight excluding hydrogens is 232 g/mol. The highest BCUT2D eigenvalue weighted by atomic mass is 15.1. The van der Waals surface area contributed by atoms with Gasteiger partial charge < -0.3 is 10.6 Å². The molecule has 0 aliphatic carbocycles. The Kier molecular flexibility index (Phi) is 5.12. The van der Waals surface area contributed by atoms with Crippen molar-refractivity contribution in [3.05, 3.63) is 30.2 Å².